The normalized spacial score (nSPS) is 10.3. The molecule has 0 radical (unpaired) electrons. The standard InChI is InChI=1S/C8H9N5OS/c1-14-7-4-11-8(15-7)5-3-10-6(2-9)13-12-5/h3-4H,2,9H2,1H3. The van der Waals surface area contributed by atoms with Gasteiger partial charge in [-0.3, -0.25) is 0 Å². The number of nitrogens with two attached hydrogens (primary N) is 1. The Morgan fingerprint density at radius 2 is 2.20 bits per heavy atom. The highest BCUT2D eigenvalue weighted by Gasteiger charge is 2.07. The Balaban J connectivity index is 2.28. The molecule has 0 unspecified atom stereocenters. The number of ether oxygens (including phenoxy) is 1. The summed E-state index contributed by atoms with van der Waals surface area (Å²) in [4.78, 5) is 8.17. The molecule has 0 aliphatic rings. The lowest BCUT2D eigenvalue weighted by molar-refractivity contribution is 0.426. The van der Waals surface area contributed by atoms with Gasteiger partial charge in [0.2, 0.25) is 0 Å². The molecule has 0 atom stereocenters. The van der Waals surface area contributed by atoms with Crippen molar-refractivity contribution in [1.82, 2.24) is 20.2 Å². The number of nitrogens with zero attached hydrogens (tertiary/aromatic N) is 4. The molecule has 6 nitrogen and oxygen atoms in total. The summed E-state index contributed by atoms with van der Waals surface area (Å²) in [5.41, 5.74) is 5.99. The molecule has 2 aromatic rings. The number of thiazole rings is 1. The fraction of sp³-hybridized carbons (Fsp3) is 0.250. The topological polar surface area (TPSA) is 86.8 Å². The van der Waals surface area contributed by atoms with Gasteiger partial charge in [0, 0.05) is 0 Å². The summed E-state index contributed by atoms with van der Waals surface area (Å²) in [6.07, 6.45) is 3.24. The Hall–Kier alpha value is -1.60. The first-order valence-corrected chi connectivity index (χ1v) is 5.04. The van der Waals surface area contributed by atoms with Gasteiger partial charge in [-0.2, -0.15) is 0 Å². The molecule has 2 aromatic heterocycles. The molecule has 0 aliphatic carbocycles. The Morgan fingerprint density at radius 1 is 1.33 bits per heavy atom. The minimum atomic E-state index is 0.286. The lowest BCUT2D eigenvalue weighted by atomic mass is 10.5. The quantitative estimate of drug-likeness (QED) is 0.813. The number of rotatable bonds is 3. The minimum Gasteiger partial charge on any atom is -0.486 e. The first kappa shape index (κ1) is 9.94. The van der Waals surface area contributed by atoms with Crippen molar-refractivity contribution in [2.75, 3.05) is 7.11 Å². The van der Waals surface area contributed by atoms with E-state index in [4.69, 9.17) is 10.5 Å². The van der Waals surface area contributed by atoms with E-state index in [-0.39, 0.29) is 6.54 Å². The predicted molar refractivity (Wildman–Crippen MR) is 55.4 cm³/mol. The maximum atomic E-state index is 5.37. The second-order valence-corrected chi connectivity index (χ2v) is 3.65. The van der Waals surface area contributed by atoms with Crippen molar-refractivity contribution in [1.29, 1.82) is 0 Å². The second kappa shape index (κ2) is 4.28. The van der Waals surface area contributed by atoms with Gasteiger partial charge in [0.1, 0.15) is 10.7 Å². The molecule has 0 aromatic carbocycles. The smallest absolute Gasteiger partial charge is 0.194 e. The average molecular weight is 223 g/mol. The largest absolute Gasteiger partial charge is 0.486 e. The summed E-state index contributed by atoms with van der Waals surface area (Å²) in [5, 5.41) is 9.28. The summed E-state index contributed by atoms with van der Waals surface area (Å²) in [6, 6.07) is 0. The molecule has 15 heavy (non-hydrogen) atoms. The van der Waals surface area contributed by atoms with Gasteiger partial charge in [0.05, 0.1) is 26.0 Å². The van der Waals surface area contributed by atoms with E-state index in [1.165, 1.54) is 11.3 Å². The van der Waals surface area contributed by atoms with Crippen molar-refractivity contribution < 1.29 is 4.74 Å². The Kier molecular flexibility index (Phi) is 2.84. The van der Waals surface area contributed by atoms with Crippen LogP contribution < -0.4 is 10.5 Å². The van der Waals surface area contributed by atoms with Crippen molar-refractivity contribution in [3.63, 3.8) is 0 Å². The van der Waals surface area contributed by atoms with Crippen molar-refractivity contribution in [3.8, 4) is 15.8 Å². The van der Waals surface area contributed by atoms with Gasteiger partial charge in [-0.25, -0.2) is 9.97 Å². The van der Waals surface area contributed by atoms with Crippen molar-refractivity contribution in [3.05, 3.63) is 18.2 Å². The van der Waals surface area contributed by atoms with Crippen molar-refractivity contribution in [2.24, 2.45) is 5.73 Å². The molecular weight excluding hydrogens is 214 g/mol. The fourth-order valence-corrected chi connectivity index (χ4v) is 1.65. The van der Waals surface area contributed by atoms with Crippen molar-refractivity contribution >= 4 is 11.3 Å². The van der Waals surface area contributed by atoms with Gasteiger partial charge < -0.3 is 10.5 Å². The molecule has 0 aliphatic heterocycles. The summed E-state index contributed by atoms with van der Waals surface area (Å²) < 4.78 is 5.03. The fourth-order valence-electron chi connectivity index (χ4n) is 0.963. The Labute approximate surface area is 90.2 Å². The highest BCUT2D eigenvalue weighted by molar-refractivity contribution is 7.16. The third-order valence-corrected chi connectivity index (χ3v) is 2.68. The molecule has 7 heteroatoms. The van der Waals surface area contributed by atoms with Crippen LogP contribution in [0.2, 0.25) is 0 Å². The van der Waals surface area contributed by atoms with E-state index in [9.17, 15) is 0 Å². The lowest BCUT2D eigenvalue weighted by Gasteiger charge is -1.95. The zero-order valence-corrected chi connectivity index (χ0v) is 8.86. The average Bonchev–Trinajstić information content (AvgIpc) is 2.78. The molecule has 0 saturated carbocycles. The number of methoxy groups -OCH3 is 1. The number of aromatic nitrogens is 4. The van der Waals surface area contributed by atoms with E-state index in [1.807, 2.05) is 0 Å². The van der Waals surface area contributed by atoms with Gasteiger partial charge in [0.15, 0.2) is 10.9 Å². The Bertz CT molecular complexity index is 441. The van der Waals surface area contributed by atoms with Crippen LogP contribution in [0.15, 0.2) is 12.4 Å². The van der Waals surface area contributed by atoms with Gasteiger partial charge >= 0.3 is 0 Å². The minimum absolute atomic E-state index is 0.286. The lowest BCUT2D eigenvalue weighted by Crippen LogP contribution is -2.04. The van der Waals surface area contributed by atoms with Gasteiger partial charge in [-0.15, -0.1) is 10.2 Å². The molecule has 2 N–H and O–H groups in total. The van der Waals surface area contributed by atoms with Crippen LogP contribution in [0.25, 0.3) is 10.7 Å². The molecule has 0 saturated heterocycles. The summed E-state index contributed by atoms with van der Waals surface area (Å²) in [7, 11) is 1.60. The van der Waals surface area contributed by atoms with Crippen LogP contribution in [-0.4, -0.2) is 27.3 Å². The summed E-state index contributed by atoms with van der Waals surface area (Å²) >= 11 is 1.39. The molecule has 0 amide bonds. The van der Waals surface area contributed by atoms with Crippen LogP contribution in [-0.2, 0) is 6.54 Å². The van der Waals surface area contributed by atoms with E-state index in [1.54, 1.807) is 19.5 Å². The first-order chi connectivity index (χ1) is 7.33. The first-order valence-electron chi connectivity index (χ1n) is 4.22. The molecule has 0 bridgehead atoms. The highest BCUT2D eigenvalue weighted by atomic mass is 32.1. The third-order valence-electron chi connectivity index (χ3n) is 1.70. The SMILES string of the molecule is COc1cnc(-c2cnc(CN)nn2)s1. The van der Waals surface area contributed by atoms with E-state index in [0.29, 0.717) is 11.5 Å². The molecule has 0 fully saturated rings. The summed E-state index contributed by atoms with van der Waals surface area (Å²) in [5.74, 6) is 0.516. The Morgan fingerprint density at radius 3 is 2.73 bits per heavy atom. The molecule has 2 rings (SSSR count). The van der Waals surface area contributed by atoms with Crippen LogP contribution >= 0.6 is 11.3 Å². The van der Waals surface area contributed by atoms with E-state index >= 15 is 0 Å². The third kappa shape index (κ3) is 2.08. The second-order valence-electron chi connectivity index (χ2n) is 2.65. The van der Waals surface area contributed by atoms with Crippen LogP contribution in [0.1, 0.15) is 5.82 Å². The van der Waals surface area contributed by atoms with Crippen LogP contribution in [0, 0.1) is 0 Å². The molecule has 2 heterocycles. The van der Waals surface area contributed by atoms with Gasteiger partial charge in [-0.1, -0.05) is 11.3 Å². The zero-order valence-electron chi connectivity index (χ0n) is 8.04. The maximum absolute atomic E-state index is 5.37. The number of hydrogen-bond acceptors (Lipinski definition) is 7. The zero-order chi connectivity index (χ0) is 10.7. The van der Waals surface area contributed by atoms with Crippen molar-refractivity contribution in [2.45, 2.75) is 6.54 Å². The molecule has 78 valence electrons. The highest BCUT2D eigenvalue weighted by Crippen LogP contribution is 2.27. The van der Waals surface area contributed by atoms with E-state index in [0.717, 1.165) is 10.1 Å². The van der Waals surface area contributed by atoms with E-state index < -0.39 is 0 Å². The molecule has 0 spiro atoms. The number of hydrogen-bond donors (Lipinski definition) is 1. The van der Waals surface area contributed by atoms with Crippen LogP contribution in [0.4, 0.5) is 0 Å². The summed E-state index contributed by atoms with van der Waals surface area (Å²) in [6.45, 7) is 0.286. The predicted octanol–water partition coefficient (Wildman–Crippen LogP) is 0.462. The molecular formula is C8H9N5OS. The van der Waals surface area contributed by atoms with Gasteiger partial charge in [-0.05, 0) is 0 Å². The van der Waals surface area contributed by atoms with Crippen LogP contribution in [0.5, 0.6) is 5.06 Å². The van der Waals surface area contributed by atoms with Gasteiger partial charge in [0.25, 0.3) is 0 Å². The van der Waals surface area contributed by atoms with Crippen LogP contribution in [0.3, 0.4) is 0 Å². The maximum Gasteiger partial charge on any atom is 0.194 e. The van der Waals surface area contributed by atoms with E-state index in [2.05, 4.69) is 20.2 Å². The monoisotopic (exact) mass is 223 g/mol.